The van der Waals surface area contributed by atoms with Crippen LogP contribution < -0.4 is 5.84 Å². The zero-order valence-electron chi connectivity index (χ0n) is 7.20. The Labute approximate surface area is 70.9 Å². The molecule has 0 unspecified atom stereocenters. The van der Waals surface area contributed by atoms with E-state index < -0.39 is 0 Å². The van der Waals surface area contributed by atoms with Crippen LogP contribution in [0.25, 0.3) is 0 Å². The number of carbonyl (C=O) groups excluding carboxylic acids is 1. The van der Waals surface area contributed by atoms with Crippen molar-refractivity contribution < 1.29 is 9.53 Å². The van der Waals surface area contributed by atoms with Gasteiger partial charge in [-0.05, 0) is 19.4 Å². The Morgan fingerprint density at radius 3 is 2.75 bits per heavy atom. The van der Waals surface area contributed by atoms with E-state index in [0.29, 0.717) is 12.2 Å². The van der Waals surface area contributed by atoms with Gasteiger partial charge >= 0.3 is 5.97 Å². The molecule has 1 rings (SSSR count). The smallest absolute Gasteiger partial charge is 0.340 e. The second-order valence-corrected chi connectivity index (χ2v) is 2.52. The first-order valence-corrected chi connectivity index (χ1v) is 3.76. The molecule has 1 heterocycles. The van der Waals surface area contributed by atoms with Crippen molar-refractivity contribution in [3.05, 3.63) is 23.5 Å². The summed E-state index contributed by atoms with van der Waals surface area (Å²) in [5, 5.41) is 0. The lowest BCUT2D eigenvalue weighted by Gasteiger charge is -1.98. The highest BCUT2D eigenvalue weighted by Gasteiger charge is 2.11. The predicted molar refractivity (Wildman–Crippen MR) is 45.3 cm³/mol. The summed E-state index contributed by atoms with van der Waals surface area (Å²) in [6.45, 7) is 3.97. The summed E-state index contributed by atoms with van der Waals surface area (Å²) in [6, 6.07) is 0. The molecule has 0 spiro atoms. The number of aromatic nitrogens is 1. The number of nitrogen functional groups attached to an aromatic ring is 1. The highest BCUT2D eigenvalue weighted by Crippen LogP contribution is 2.08. The van der Waals surface area contributed by atoms with Crippen LogP contribution in [-0.4, -0.2) is 17.3 Å². The largest absolute Gasteiger partial charge is 0.462 e. The van der Waals surface area contributed by atoms with Crippen molar-refractivity contribution in [1.82, 2.24) is 4.68 Å². The van der Waals surface area contributed by atoms with Gasteiger partial charge in [0.05, 0.1) is 12.2 Å². The van der Waals surface area contributed by atoms with Crippen molar-refractivity contribution in [1.29, 1.82) is 0 Å². The van der Waals surface area contributed by atoms with E-state index in [2.05, 4.69) is 0 Å². The summed E-state index contributed by atoms with van der Waals surface area (Å²) in [4.78, 5) is 11.2. The molecule has 0 aliphatic rings. The van der Waals surface area contributed by atoms with E-state index in [1.54, 1.807) is 19.3 Å². The molecule has 2 N–H and O–H groups in total. The predicted octanol–water partition coefficient (Wildman–Crippen LogP) is 0.687. The van der Waals surface area contributed by atoms with Gasteiger partial charge < -0.3 is 10.6 Å². The van der Waals surface area contributed by atoms with Crippen molar-refractivity contribution in [2.75, 3.05) is 12.4 Å². The minimum Gasteiger partial charge on any atom is -0.462 e. The van der Waals surface area contributed by atoms with Crippen LogP contribution in [0.1, 0.15) is 22.8 Å². The third-order valence-corrected chi connectivity index (χ3v) is 1.54. The maximum Gasteiger partial charge on any atom is 0.340 e. The number of aryl methyl sites for hydroxylation is 1. The first-order chi connectivity index (χ1) is 5.65. The Hall–Kier alpha value is -1.45. The molecule has 0 atom stereocenters. The molecule has 66 valence electrons. The number of hydrogen-bond donors (Lipinski definition) is 1. The first kappa shape index (κ1) is 8.64. The number of hydrogen-bond acceptors (Lipinski definition) is 3. The fourth-order valence-corrected chi connectivity index (χ4v) is 1.00. The minimum atomic E-state index is -0.320. The molecule has 4 nitrogen and oxygen atoms in total. The van der Waals surface area contributed by atoms with Crippen LogP contribution in [0, 0.1) is 6.92 Å². The molecule has 0 radical (unpaired) electrons. The summed E-state index contributed by atoms with van der Waals surface area (Å²) in [5.41, 5.74) is 1.36. The molecule has 12 heavy (non-hydrogen) atoms. The minimum absolute atomic E-state index is 0.320. The fraction of sp³-hybridized carbons (Fsp3) is 0.375. The van der Waals surface area contributed by atoms with Gasteiger partial charge in [-0.1, -0.05) is 0 Å². The van der Waals surface area contributed by atoms with E-state index in [1.165, 1.54) is 4.68 Å². The van der Waals surface area contributed by atoms with E-state index in [-0.39, 0.29) is 5.97 Å². The fourth-order valence-electron chi connectivity index (χ4n) is 1.00. The van der Waals surface area contributed by atoms with Gasteiger partial charge in [0, 0.05) is 12.4 Å². The van der Waals surface area contributed by atoms with Gasteiger partial charge in [0.15, 0.2) is 0 Å². The second-order valence-electron chi connectivity index (χ2n) is 2.52. The second kappa shape index (κ2) is 3.30. The third-order valence-electron chi connectivity index (χ3n) is 1.54. The molecule has 0 saturated heterocycles. The Balaban J connectivity index is 2.87. The molecule has 0 amide bonds. The maximum absolute atomic E-state index is 11.2. The van der Waals surface area contributed by atoms with E-state index in [0.717, 1.165) is 5.56 Å². The lowest BCUT2D eigenvalue weighted by atomic mass is 10.2. The molecule has 0 aromatic carbocycles. The molecule has 0 saturated carbocycles. The summed E-state index contributed by atoms with van der Waals surface area (Å²) in [5.74, 6) is 5.10. The Morgan fingerprint density at radius 2 is 2.33 bits per heavy atom. The van der Waals surface area contributed by atoms with Crippen LogP contribution in [0.2, 0.25) is 0 Å². The average Bonchev–Trinajstić information content (AvgIpc) is 2.30. The number of carbonyl (C=O) groups is 1. The van der Waals surface area contributed by atoms with Crippen molar-refractivity contribution >= 4 is 5.97 Å². The van der Waals surface area contributed by atoms with Gasteiger partial charge in [0.2, 0.25) is 0 Å². The molecule has 4 heteroatoms. The van der Waals surface area contributed by atoms with Gasteiger partial charge in [-0.2, -0.15) is 0 Å². The van der Waals surface area contributed by atoms with Gasteiger partial charge in [-0.15, -0.1) is 0 Å². The SMILES string of the molecule is CCOC(=O)c1cn(N)cc1C. The van der Waals surface area contributed by atoms with Crippen LogP contribution >= 0.6 is 0 Å². The van der Waals surface area contributed by atoms with Gasteiger partial charge in [0.1, 0.15) is 0 Å². The highest BCUT2D eigenvalue weighted by atomic mass is 16.5. The maximum atomic E-state index is 11.2. The summed E-state index contributed by atoms with van der Waals surface area (Å²) in [7, 11) is 0. The third kappa shape index (κ3) is 1.58. The topological polar surface area (TPSA) is 57.2 Å². The van der Waals surface area contributed by atoms with Gasteiger partial charge in [-0.3, -0.25) is 4.68 Å². The molecular weight excluding hydrogens is 156 g/mol. The van der Waals surface area contributed by atoms with Gasteiger partial charge in [-0.25, -0.2) is 4.79 Å². The van der Waals surface area contributed by atoms with Crippen LogP contribution in [0.5, 0.6) is 0 Å². The molecule has 0 fully saturated rings. The monoisotopic (exact) mass is 168 g/mol. The lowest BCUT2D eigenvalue weighted by Crippen LogP contribution is -2.06. The number of nitrogens with two attached hydrogens (primary N) is 1. The van der Waals surface area contributed by atoms with Crippen LogP contribution in [0.3, 0.4) is 0 Å². The van der Waals surface area contributed by atoms with Crippen LogP contribution in [0.4, 0.5) is 0 Å². The van der Waals surface area contributed by atoms with Crippen molar-refractivity contribution in [2.45, 2.75) is 13.8 Å². The van der Waals surface area contributed by atoms with Crippen molar-refractivity contribution in [3.63, 3.8) is 0 Å². The van der Waals surface area contributed by atoms with Crippen molar-refractivity contribution in [2.24, 2.45) is 0 Å². The van der Waals surface area contributed by atoms with E-state index >= 15 is 0 Å². The van der Waals surface area contributed by atoms with E-state index in [9.17, 15) is 4.79 Å². The molecule has 1 aromatic heterocycles. The molecular formula is C8H12N2O2. The standard InChI is InChI=1S/C8H12N2O2/c1-3-12-8(11)7-5-10(9)4-6(7)2/h4-5H,3,9H2,1-2H3. The Bertz CT molecular complexity index is 291. The van der Waals surface area contributed by atoms with Crippen molar-refractivity contribution in [3.8, 4) is 0 Å². The quantitative estimate of drug-likeness (QED) is 0.522. The Morgan fingerprint density at radius 1 is 1.67 bits per heavy atom. The number of rotatable bonds is 2. The van der Waals surface area contributed by atoms with E-state index in [4.69, 9.17) is 10.6 Å². The molecule has 0 aliphatic carbocycles. The summed E-state index contributed by atoms with van der Waals surface area (Å²) in [6.07, 6.45) is 3.22. The Kier molecular flexibility index (Phi) is 2.38. The highest BCUT2D eigenvalue weighted by molar-refractivity contribution is 5.90. The van der Waals surface area contributed by atoms with Crippen LogP contribution in [-0.2, 0) is 4.74 Å². The van der Waals surface area contributed by atoms with E-state index in [1.807, 2.05) is 6.92 Å². The zero-order valence-corrected chi connectivity index (χ0v) is 7.20. The number of esters is 1. The first-order valence-electron chi connectivity index (χ1n) is 3.76. The normalized spacial score (nSPS) is 9.83. The molecule has 0 bridgehead atoms. The number of ether oxygens (including phenoxy) is 1. The molecule has 0 aliphatic heterocycles. The van der Waals surface area contributed by atoms with Crippen LogP contribution in [0.15, 0.2) is 12.4 Å². The average molecular weight is 168 g/mol. The molecule has 1 aromatic rings. The van der Waals surface area contributed by atoms with Gasteiger partial charge in [0.25, 0.3) is 0 Å². The zero-order chi connectivity index (χ0) is 9.14. The number of nitrogens with zero attached hydrogens (tertiary/aromatic N) is 1. The lowest BCUT2D eigenvalue weighted by molar-refractivity contribution is 0.0525. The summed E-state index contributed by atoms with van der Waals surface area (Å²) < 4.78 is 6.16. The summed E-state index contributed by atoms with van der Waals surface area (Å²) >= 11 is 0.